The van der Waals surface area contributed by atoms with Crippen LogP contribution in [0.5, 0.6) is 0 Å². The van der Waals surface area contributed by atoms with Crippen molar-refractivity contribution >= 4 is 11.3 Å². The van der Waals surface area contributed by atoms with Crippen molar-refractivity contribution in [3.63, 3.8) is 0 Å². The molecule has 1 aliphatic heterocycles. The Balaban J connectivity index is 1.70. The fourth-order valence-corrected chi connectivity index (χ4v) is 4.43. The van der Waals surface area contributed by atoms with Crippen molar-refractivity contribution in [1.82, 2.24) is 9.80 Å². The molecule has 3 rings (SSSR count). The SMILES string of the molecule is CCCN1CCC(CN)(N(Cc2ccsc2)C2CC2)CC1. The predicted molar refractivity (Wildman–Crippen MR) is 90.6 cm³/mol. The van der Waals surface area contributed by atoms with E-state index in [-0.39, 0.29) is 5.54 Å². The fraction of sp³-hybridized carbons (Fsp3) is 0.765. The molecule has 1 aliphatic carbocycles. The molecular weight excluding hydrogens is 278 g/mol. The van der Waals surface area contributed by atoms with Gasteiger partial charge >= 0.3 is 0 Å². The number of hydrogen-bond donors (Lipinski definition) is 1. The van der Waals surface area contributed by atoms with E-state index in [1.165, 1.54) is 57.3 Å². The van der Waals surface area contributed by atoms with E-state index in [9.17, 15) is 0 Å². The van der Waals surface area contributed by atoms with Crippen LogP contribution in [-0.4, -0.2) is 47.6 Å². The first-order chi connectivity index (χ1) is 10.3. The molecule has 0 atom stereocenters. The Bertz CT molecular complexity index is 419. The third kappa shape index (κ3) is 3.50. The molecule has 1 aromatic rings. The molecule has 21 heavy (non-hydrogen) atoms. The second kappa shape index (κ2) is 6.78. The van der Waals surface area contributed by atoms with E-state index in [2.05, 4.69) is 33.6 Å². The minimum atomic E-state index is 0.243. The molecule has 2 heterocycles. The molecule has 2 aliphatic rings. The first-order valence-electron chi connectivity index (χ1n) is 8.47. The van der Waals surface area contributed by atoms with Crippen LogP contribution in [0.1, 0.15) is 44.6 Å². The molecule has 0 spiro atoms. The van der Waals surface area contributed by atoms with Crippen LogP contribution in [-0.2, 0) is 6.54 Å². The minimum absolute atomic E-state index is 0.243. The number of nitrogens with zero attached hydrogens (tertiary/aromatic N) is 2. The number of thiophene rings is 1. The summed E-state index contributed by atoms with van der Waals surface area (Å²) in [5.41, 5.74) is 8.01. The number of rotatable bonds is 7. The van der Waals surface area contributed by atoms with Gasteiger partial charge in [0, 0.05) is 24.7 Å². The van der Waals surface area contributed by atoms with Gasteiger partial charge in [0.15, 0.2) is 0 Å². The summed E-state index contributed by atoms with van der Waals surface area (Å²) in [6.07, 6.45) is 6.47. The van der Waals surface area contributed by atoms with Crippen LogP contribution in [0.15, 0.2) is 16.8 Å². The van der Waals surface area contributed by atoms with Crippen molar-refractivity contribution in [1.29, 1.82) is 0 Å². The lowest BCUT2D eigenvalue weighted by Gasteiger charge is -2.49. The zero-order valence-electron chi connectivity index (χ0n) is 13.3. The summed E-state index contributed by atoms with van der Waals surface area (Å²) in [5, 5.41) is 4.49. The van der Waals surface area contributed by atoms with Gasteiger partial charge in [-0.3, -0.25) is 4.90 Å². The average molecular weight is 308 g/mol. The van der Waals surface area contributed by atoms with Crippen LogP contribution in [0, 0.1) is 0 Å². The molecule has 0 radical (unpaired) electrons. The van der Waals surface area contributed by atoms with Crippen LogP contribution in [0.4, 0.5) is 0 Å². The third-order valence-electron chi connectivity index (χ3n) is 5.24. The van der Waals surface area contributed by atoms with E-state index in [0.717, 1.165) is 19.1 Å². The zero-order chi connectivity index (χ0) is 14.7. The molecule has 2 fully saturated rings. The van der Waals surface area contributed by atoms with Crippen molar-refractivity contribution in [2.45, 2.75) is 57.2 Å². The van der Waals surface area contributed by atoms with Crippen molar-refractivity contribution in [2.24, 2.45) is 5.73 Å². The van der Waals surface area contributed by atoms with Gasteiger partial charge in [-0.15, -0.1) is 0 Å². The van der Waals surface area contributed by atoms with Gasteiger partial charge in [0.05, 0.1) is 0 Å². The number of likely N-dealkylation sites (tertiary alicyclic amines) is 1. The smallest absolute Gasteiger partial charge is 0.0362 e. The maximum atomic E-state index is 6.30. The molecule has 0 amide bonds. The topological polar surface area (TPSA) is 32.5 Å². The van der Waals surface area contributed by atoms with Crippen LogP contribution in [0.25, 0.3) is 0 Å². The van der Waals surface area contributed by atoms with E-state index in [1.54, 1.807) is 0 Å². The van der Waals surface area contributed by atoms with E-state index in [0.29, 0.717) is 0 Å². The zero-order valence-corrected chi connectivity index (χ0v) is 14.1. The lowest BCUT2D eigenvalue weighted by atomic mass is 9.85. The first-order valence-corrected chi connectivity index (χ1v) is 9.42. The highest BCUT2D eigenvalue weighted by molar-refractivity contribution is 7.07. The monoisotopic (exact) mass is 307 g/mol. The molecule has 1 saturated carbocycles. The highest BCUT2D eigenvalue weighted by Crippen LogP contribution is 2.39. The van der Waals surface area contributed by atoms with Gasteiger partial charge in [0.1, 0.15) is 0 Å². The predicted octanol–water partition coefficient (Wildman–Crippen LogP) is 2.92. The summed E-state index contributed by atoms with van der Waals surface area (Å²) in [5.74, 6) is 0. The molecule has 1 saturated heterocycles. The van der Waals surface area contributed by atoms with Crippen molar-refractivity contribution in [2.75, 3.05) is 26.2 Å². The van der Waals surface area contributed by atoms with Gasteiger partial charge in [-0.25, -0.2) is 0 Å². The Morgan fingerprint density at radius 1 is 1.38 bits per heavy atom. The maximum absolute atomic E-state index is 6.30. The Labute approximate surface area is 133 Å². The molecule has 0 bridgehead atoms. The van der Waals surface area contributed by atoms with E-state index in [4.69, 9.17) is 5.73 Å². The maximum Gasteiger partial charge on any atom is 0.0362 e. The van der Waals surface area contributed by atoms with E-state index in [1.807, 2.05) is 11.3 Å². The van der Waals surface area contributed by atoms with Crippen LogP contribution in [0.3, 0.4) is 0 Å². The minimum Gasteiger partial charge on any atom is -0.329 e. The van der Waals surface area contributed by atoms with Crippen molar-refractivity contribution in [3.8, 4) is 0 Å². The van der Waals surface area contributed by atoms with Crippen LogP contribution >= 0.6 is 11.3 Å². The molecule has 118 valence electrons. The Kier molecular flexibility index (Phi) is 4.99. The third-order valence-corrected chi connectivity index (χ3v) is 5.97. The van der Waals surface area contributed by atoms with E-state index >= 15 is 0 Å². The second-order valence-corrected chi connectivity index (χ2v) is 7.54. The van der Waals surface area contributed by atoms with Crippen molar-refractivity contribution < 1.29 is 0 Å². The highest BCUT2D eigenvalue weighted by Gasteiger charge is 2.44. The molecular formula is C17H29N3S. The summed E-state index contributed by atoms with van der Waals surface area (Å²) < 4.78 is 0. The summed E-state index contributed by atoms with van der Waals surface area (Å²) in [6, 6.07) is 3.06. The molecule has 4 heteroatoms. The Morgan fingerprint density at radius 2 is 2.14 bits per heavy atom. The molecule has 2 N–H and O–H groups in total. The standard InChI is InChI=1S/C17H29N3S/c1-2-8-19-9-6-17(14-18,7-10-19)20(16-3-4-16)12-15-5-11-21-13-15/h5,11,13,16H,2-4,6-10,12,14,18H2,1H3. The Hall–Kier alpha value is -0.420. The second-order valence-electron chi connectivity index (χ2n) is 6.76. The number of nitrogens with two attached hydrogens (primary N) is 1. The lowest BCUT2D eigenvalue weighted by molar-refractivity contribution is 0.0145. The van der Waals surface area contributed by atoms with Gasteiger partial charge in [-0.1, -0.05) is 6.92 Å². The van der Waals surface area contributed by atoms with Gasteiger partial charge < -0.3 is 10.6 Å². The summed E-state index contributed by atoms with van der Waals surface area (Å²) in [7, 11) is 0. The first kappa shape index (κ1) is 15.5. The average Bonchev–Trinajstić information content (AvgIpc) is 3.23. The molecule has 3 nitrogen and oxygen atoms in total. The summed E-state index contributed by atoms with van der Waals surface area (Å²) >= 11 is 1.81. The van der Waals surface area contributed by atoms with Crippen molar-refractivity contribution in [3.05, 3.63) is 22.4 Å². The quantitative estimate of drug-likeness (QED) is 0.840. The molecule has 0 aromatic carbocycles. The summed E-state index contributed by atoms with van der Waals surface area (Å²) in [4.78, 5) is 5.38. The van der Waals surface area contributed by atoms with Gasteiger partial charge in [-0.05, 0) is 74.1 Å². The van der Waals surface area contributed by atoms with E-state index < -0.39 is 0 Å². The number of piperidine rings is 1. The Morgan fingerprint density at radius 3 is 2.67 bits per heavy atom. The normalized spacial score (nSPS) is 22.8. The van der Waals surface area contributed by atoms with Gasteiger partial charge in [0.2, 0.25) is 0 Å². The lowest BCUT2D eigenvalue weighted by Crippen LogP contribution is -2.59. The molecule has 1 aromatic heterocycles. The molecule has 0 unspecified atom stereocenters. The fourth-order valence-electron chi connectivity index (χ4n) is 3.77. The van der Waals surface area contributed by atoms with Crippen LogP contribution in [0.2, 0.25) is 0 Å². The van der Waals surface area contributed by atoms with Crippen LogP contribution < -0.4 is 5.73 Å². The summed E-state index contributed by atoms with van der Waals surface area (Å²) in [6.45, 7) is 7.87. The van der Waals surface area contributed by atoms with Gasteiger partial charge in [0.25, 0.3) is 0 Å². The number of hydrogen-bond acceptors (Lipinski definition) is 4. The van der Waals surface area contributed by atoms with Gasteiger partial charge in [-0.2, -0.15) is 11.3 Å². The highest BCUT2D eigenvalue weighted by atomic mass is 32.1. The largest absolute Gasteiger partial charge is 0.329 e.